The van der Waals surface area contributed by atoms with Crippen LogP contribution in [-0.4, -0.2) is 65.1 Å². The zero-order chi connectivity index (χ0) is 33.3. The minimum atomic E-state index is -4.48. The zero-order valence-electron chi connectivity index (χ0n) is 26.2. The number of benzene rings is 3. The first-order valence-electron chi connectivity index (χ1n) is 14.3. The van der Waals surface area contributed by atoms with E-state index in [-0.39, 0.29) is 46.1 Å². The molecule has 0 saturated heterocycles. The highest BCUT2D eigenvalue weighted by atomic mass is 35.5. The molecular weight excluding hydrogens is 625 g/mol. The molecule has 13 heteroatoms. The van der Waals surface area contributed by atoms with Gasteiger partial charge in [0.2, 0.25) is 11.8 Å². The molecule has 3 rings (SSSR count). The average Bonchev–Trinajstić information content (AvgIpc) is 3.03. The van der Waals surface area contributed by atoms with Crippen molar-refractivity contribution in [2.24, 2.45) is 0 Å². The van der Waals surface area contributed by atoms with Crippen molar-refractivity contribution in [3.8, 4) is 17.2 Å². The average molecular weight is 664 g/mol. The Morgan fingerprint density at radius 2 is 1.51 bits per heavy atom. The molecule has 0 aliphatic heterocycles. The Morgan fingerprint density at radius 3 is 2.09 bits per heavy atom. The van der Waals surface area contributed by atoms with Crippen LogP contribution in [0.2, 0.25) is 5.02 Å². The summed E-state index contributed by atoms with van der Waals surface area (Å²) in [5.74, 6) is -0.925. The van der Waals surface area contributed by atoms with Gasteiger partial charge >= 0.3 is 0 Å². The summed E-state index contributed by atoms with van der Waals surface area (Å²) in [7, 11) is -0.323. The molecule has 3 aromatic carbocycles. The molecule has 0 heterocycles. The summed E-state index contributed by atoms with van der Waals surface area (Å²) in [6.07, 6.45) is 0.901. The largest absolute Gasteiger partial charge is 0.495 e. The third-order valence-corrected chi connectivity index (χ3v) is 9.28. The lowest BCUT2D eigenvalue weighted by Crippen LogP contribution is -2.53. The smallest absolute Gasteiger partial charge is 0.265 e. The molecule has 45 heavy (non-hydrogen) atoms. The summed E-state index contributed by atoms with van der Waals surface area (Å²) in [5, 5.41) is 3.12. The standard InChI is InChI=1S/C32H39ClFN3O7S/c1-7-21(3)35-32(39)26(8-2)36(19-22-9-12-24(34)13-10-22)31(38)20-37(27-17-23(33)11-15-28(27)42-4)45(40,41)25-14-16-29(43-5)30(18-25)44-6/h9-18,21,26H,7-8,19-20H2,1-6H3,(H,35,39)/t21-,26-/m0/s1. The Morgan fingerprint density at radius 1 is 0.889 bits per heavy atom. The maximum Gasteiger partial charge on any atom is 0.265 e. The van der Waals surface area contributed by atoms with Crippen LogP contribution in [0, 0.1) is 5.82 Å². The second-order valence-corrected chi connectivity index (χ2v) is 12.5. The van der Waals surface area contributed by atoms with Crippen molar-refractivity contribution < 1.29 is 36.6 Å². The van der Waals surface area contributed by atoms with Crippen molar-refractivity contribution in [1.29, 1.82) is 0 Å². The number of sulfonamides is 1. The summed E-state index contributed by atoms with van der Waals surface area (Å²) in [4.78, 5) is 28.8. The summed E-state index contributed by atoms with van der Waals surface area (Å²) in [5.41, 5.74) is 0.557. The number of methoxy groups -OCH3 is 3. The molecule has 3 aromatic rings. The molecule has 0 bridgehead atoms. The van der Waals surface area contributed by atoms with E-state index in [4.69, 9.17) is 25.8 Å². The number of nitrogens with one attached hydrogen (secondary N) is 1. The maximum atomic E-state index is 14.3. The fourth-order valence-electron chi connectivity index (χ4n) is 4.62. The van der Waals surface area contributed by atoms with Gasteiger partial charge in [-0.2, -0.15) is 0 Å². The molecule has 1 N–H and O–H groups in total. The van der Waals surface area contributed by atoms with Crippen LogP contribution in [0.3, 0.4) is 0 Å². The lowest BCUT2D eigenvalue weighted by Gasteiger charge is -2.34. The van der Waals surface area contributed by atoms with Crippen LogP contribution in [0.1, 0.15) is 39.2 Å². The fourth-order valence-corrected chi connectivity index (χ4v) is 6.22. The Kier molecular flexibility index (Phi) is 12.5. The van der Waals surface area contributed by atoms with Gasteiger partial charge in [-0.3, -0.25) is 13.9 Å². The number of amides is 2. The molecular formula is C32H39ClFN3O7S. The number of carbonyl (C=O) groups is 2. The van der Waals surface area contributed by atoms with E-state index in [1.165, 1.54) is 86.9 Å². The van der Waals surface area contributed by atoms with Crippen molar-refractivity contribution in [1.82, 2.24) is 10.2 Å². The van der Waals surface area contributed by atoms with Gasteiger partial charge in [0.15, 0.2) is 11.5 Å². The first-order valence-corrected chi connectivity index (χ1v) is 16.1. The molecule has 10 nitrogen and oxygen atoms in total. The number of anilines is 1. The number of rotatable bonds is 15. The van der Waals surface area contributed by atoms with E-state index in [0.29, 0.717) is 17.7 Å². The highest BCUT2D eigenvalue weighted by Gasteiger charge is 2.35. The molecule has 2 atom stereocenters. The monoisotopic (exact) mass is 663 g/mol. The van der Waals surface area contributed by atoms with Crippen molar-refractivity contribution >= 4 is 39.1 Å². The topological polar surface area (TPSA) is 114 Å². The Bertz CT molecular complexity index is 1590. The van der Waals surface area contributed by atoms with E-state index in [9.17, 15) is 22.4 Å². The van der Waals surface area contributed by atoms with E-state index in [2.05, 4.69) is 5.32 Å². The minimum absolute atomic E-state index is 0.00646. The molecule has 0 saturated carbocycles. The molecule has 0 fully saturated rings. The van der Waals surface area contributed by atoms with Crippen LogP contribution in [0.15, 0.2) is 65.6 Å². The van der Waals surface area contributed by atoms with Gasteiger partial charge in [0.1, 0.15) is 24.2 Å². The number of hydrogen-bond acceptors (Lipinski definition) is 7. The summed E-state index contributed by atoms with van der Waals surface area (Å²) >= 11 is 6.30. The predicted molar refractivity (Wildman–Crippen MR) is 171 cm³/mol. The van der Waals surface area contributed by atoms with Crippen LogP contribution < -0.4 is 23.8 Å². The van der Waals surface area contributed by atoms with E-state index in [1.807, 2.05) is 13.8 Å². The highest BCUT2D eigenvalue weighted by Crippen LogP contribution is 2.37. The van der Waals surface area contributed by atoms with E-state index in [0.717, 1.165) is 4.31 Å². The normalized spacial score (nSPS) is 12.5. The first kappa shape index (κ1) is 35.4. The quantitative estimate of drug-likeness (QED) is 0.231. The van der Waals surface area contributed by atoms with Crippen molar-refractivity contribution in [3.63, 3.8) is 0 Å². The van der Waals surface area contributed by atoms with E-state index < -0.39 is 40.2 Å². The summed E-state index contributed by atoms with van der Waals surface area (Å²) < 4.78 is 59.3. The van der Waals surface area contributed by atoms with Gasteiger partial charge in [-0.25, -0.2) is 12.8 Å². The van der Waals surface area contributed by atoms with E-state index in [1.54, 1.807) is 6.92 Å². The third kappa shape index (κ3) is 8.58. The lowest BCUT2D eigenvalue weighted by atomic mass is 10.1. The second-order valence-electron chi connectivity index (χ2n) is 10.2. The van der Waals surface area contributed by atoms with Crippen LogP contribution in [0.25, 0.3) is 0 Å². The Balaban J connectivity index is 2.17. The van der Waals surface area contributed by atoms with Crippen molar-refractivity contribution in [2.45, 2.75) is 57.1 Å². The molecule has 0 radical (unpaired) electrons. The number of carbonyl (C=O) groups excluding carboxylic acids is 2. The van der Waals surface area contributed by atoms with Gasteiger partial charge < -0.3 is 24.4 Å². The number of hydrogen-bond donors (Lipinski definition) is 1. The highest BCUT2D eigenvalue weighted by molar-refractivity contribution is 7.92. The van der Waals surface area contributed by atoms with Crippen molar-refractivity contribution in [2.75, 3.05) is 32.2 Å². The van der Waals surface area contributed by atoms with E-state index >= 15 is 0 Å². The van der Waals surface area contributed by atoms with Crippen LogP contribution in [0.4, 0.5) is 10.1 Å². The van der Waals surface area contributed by atoms with Crippen LogP contribution in [-0.2, 0) is 26.2 Å². The molecule has 0 aromatic heterocycles. The maximum absolute atomic E-state index is 14.3. The number of nitrogens with zero attached hydrogens (tertiary/aromatic N) is 2. The third-order valence-electron chi connectivity index (χ3n) is 7.28. The van der Waals surface area contributed by atoms with Gasteiger partial charge in [0, 0.05) is 23.7 Å². The van der Waals surface area contributed by atoms with Gasteiger partial charge in [0.25, 0.3) is 10.0 Å². The van der Waals surface area contributed by atoms with Gasteiger partial charge in [-0.1, -0.05) is 37.6 Å². The zero-order valence-corrected chi connectivity index (χ0v) is 27.7. The number of ether oxygens (including phenoxy) is 3. The van der Waals surface area contributed by atoms with Crippen molar-refractivity contribution in [3.05, 3.63) is 77.1 Å². The predicted octanol–water partition coefficient (Wildman–Crippen LogP) is 5.42. The SMILES string of the molecule is CC[C@H](C)NC(=O)[C@H](CC)N(Cc1ccc(F)cc1)C(=O)CN(c1cc(Cl)ccc1OC)S(=O)(=O)c1ccc(OC)c(OC)c1. The molecule has 244 valence electrons. The van der Waals surface area contributed by atoms with Crippen LogP contribution in [0.5, 0.6) is 17.2 Å². The minimum Gasteiger partial charge on any atom is -0.495 e. The molecule has 0 aliphatic carbocycles. The lowest BCUT2D eigenvalue weighted by molar-refractivity contribution is -0.140. The molecule has 2 amide bonds. The van der Waals surface area contributed by atoms with Gasteiger partial charge in [-0.05, 0) is 67.8 Å². The Hall–Kier alpha value is -4.03. The van der Waals surface area contributed by atoms with Crippen LogP contribution >= 0.6 is 11.6 Å². The summed E-state index contributed by atoms with van der Waals surface area (Å²) in [6.45, 7) is 4.72. The Labute approximate surface area is 269 Å². The molecule has 0 aliphatic rings. The number of halogens is 2. The second kappa shape index (κ2) is 15.8. The molecule has 0 spiro atoms. The first-order chi connectivity index (χ1) is 21.4. The summed E-state index contributed by atoms with van der Waals surface area (Å²) in [6, 6.07) is 12.9. The van der Waals surface area contributed by atoms with Gasteiger partial charge in [-0.15, -0.1) is 0 Å². The molecule has 0 unspecified atom stereocenters. The van der Waals surface area contributed by atoms with Gasteiger partial charge in [0.05, 0.1) is 31.9 Å². The fraction of sp³-hybridized carbons (Fsp3) is 0.375.